The van der Waals surface area contributed by atoms with Gasteiger partial charge in [-0.15, -0.1) is 0 Å². The minimum Gasteiger partial charge on any atom is -0.393 e. The monoisotopic (exact) mass is 316 g/mol. The second kappa shape index (κ2) is 5.20. The van der Waals surface area contributed by atoms with Crippen LogP contribution in [0.1, 0.15) is 65.7 Å². The molecule has 0 aromatic carbocycles. The molecular weight excluding hydrogens is 284 g/mol. The maximum absolute atomic E-state index is 10.6. The molecule has 128 valence electrons. The normalized spacial score (nSPS) is 52.1. The van der Waals surface area contributed by atoms with Crippen LogP contribution in [0.15, 0.2) is 23.3 Å². The van der Waals surface area contributed by atoms with Gasteiger partial charge in [0.25, 0.3) is 0 Å². The van der Waals surface area contributed by atoms with E-state index in [-0.39, 0.29) is 23.0 Å². The van der Waals surface area contributed by atoms with Crippen molar-refractivity contribution >= 4 is 0 Å². The molecule has 0 aliphatic heterocycles. The van der Waals surface area contributed by atoms with Crippen LogP contribution in [0.2, 0.25) is 0 Å². The van der Waals surface area contributed by atoms with Crippen LogP contribution in [0, 0.1) is 28.6 Å². The molecule has 1 unspecified atom stereocenters. The molecule has 4 aliphatic carbocycles. The van der Waals surface area contributed by atoms with Crippen LogP contribution in [0.5, 0.6) is 0 Å². The van der Waals surface area contributed by atoms with E-state index in [0.29, 0.717) is 17.8 Å². The zero-order valence-electron chi connectivity index (χ0n) is 14.9. The Morgan fingerprint density at radius 2 is 1.87 bits per heavy atom. The van der Waals surface area contributed by atoms with Gasteiger partial charge in [0, 0.05) is 0 Å². The van der Waals surface area contributed by atoms with Gasteiger partial charge in [-0.05, 0) is 67.1 Å². The summed E-state index contributed by atoms with van der Waals surface area (Å²) in [7, 11) is 0. The first-order valence-electron chi connectivity index (χ1n) is 9.67. The molecule has 2 nitrogen and oxygen atoms in total. The Kier molecular flexibility index (Phi) is 3.59. The summed E-state index contributed by atoms with van der Waals surface area (Å²) in [5.41, 5.74) is 3.63. The molecule has 0 heterocycles. The van der Waals surface area contributed by atoms with Crippen molar-refractivity contribution in [2.45, 2.75) is 77.9 Å². The minimum atomic E-state index is -0.143. The van der Waals surface area contributed by atoms with Gasteiger partial charge in [0.15, 0.2) is 0 Å². The molecule has 0 aromatic heterocycles. The summed E-state index contributed by atoms with van der Waals surface area (Å²) in [6.45, 7) is 7.11. The summed E-state index contributed by atoms with van der Waals surface area (Å²) in [5.74, 6) is 1.65. The number of fused-ring (bicyclic) bond motifs is 5. The number of hydrogen-bond donors (Lipinski definition) is 2. The quantitative estimate of drug-likeness (QED) is 0.760. The molecule has 0 radical (unpaired) electrons. The maximum Gasteiger partial charge on any atom is 0.0579 e. The van der Waals surface area contributed by atoms with E-state index < -0.39 is 0 Å². The van der Waals surface area contributed by atoms with Crippen LogP contribution in [0.3, 0.4) is 0 Å². The molecule has 7 atom stereocenters. The second-order valence-corrected chi connectivity index (χ2v) is 9.14. The van der Waals surface area contributed by atoms with E-state index in [1.54, 1.807) is 5.57 Å². The Bertz CT molecular complexity index is 562. The third-order valence-electron chi connectivity index (χ3n) is 8.23. The van der Waals surface area contributed by atoms with E-state index in [0.717, 1.165) is 32.1 Å². The first-order chi connectivity index (χ1) is 10.9. The smallest absolute Gasteiger partial charge is 0.0579 e. The molecule has 3 saturated carbocycles. The molecule has 23 heavy (non-hydrogen) atoms. The highest BCUT2D eigenvalue weighted by Gasteiger charge is 2.58. The van der Waals surface area contributed by atoms with E-state index in [4.69, 9.17) is 0 Å². The fraction of sp³-hybridized carbons (Fsp3) is 0.810. The lowest BCUT2D eigenvalue weighted by molar-refractivity contribution is 0.0304. The molecule has 2 heteroatoms. The zero-order chi connectivity index (χ0) is 16.4. The van der Waals surface area contributed by atoms with E-state index in [1.165, 1.54) is 18.4 Å². The van der Waals surface area contributed by atoms with E-state index >= 15 is 0 Å². The molecule has 2 N–H and O–H groups in total. The number of hydrogen-bond acceptors (Lipinski definition) is 2. The molecule has 4 aliphatic rings. The number of aliphatic hydroxyl groups is 2. The molecule has 0 bridgehead atoms. The lowest BCUT2D eigenvalue weighted by Crippen LogP contribution is -2.46. The van der Waals surface area contributed by atoms with Crippen LogP contribution in [0.25, 0.3) is 0 Å². The topological polar surface area (TPSA) is 40.5 Å². The van der Waals surface area contributed by atoms with Gasteiger partial charge in [0.05, 0.1) is 12.2 Å². The summed E-state index contributed by atoms with van der Waals surface area (Å²) < 4.78 is 0. The summed E-state index contributed by atoms with van der Waals surface area (Å²) in [6.07, 6.45) is 11.9. The minimum absolute atomic E-state index is 0.124. The summed E-state index contributed by atoms with van der Waals surface area (Å²) in [6, 6.07) is 0. The van der Waals surface area contributed by atoms with Crippen LogP contribution in [-0.2, 0) is 0 Å². The molecule has 0 amide bonds. The first-order valence-corrected chi connectivity index (χ1v) is 9.67. The van der Waals surface area contributed by atoms with Gasteiger partial charge in [-0.2, -0.15) is 0 Å². The largest absolute Gasteiger partial charge is 0.393 e. The van der Waals surface area contributed by atoms with Crippen molar-refractivity contribution in [1.29, 1.82) is 0 Å². The second-order valence-electron chi connectivity index (χ2n) is 9.14. The molecule has 0 aromatic rings. The Labute approximate surface area is 140 Å². The van der Waals surface area contributed by atoms with E-state index in [9.17, 15) is 10.2 Å². The number of rotatable bonds is 1. The molecule has 4 rings (SSSR count). The standard InChI is InChI=1S/C21H32O2/c1-4-16-19(23)12-18-15-6-5-13-11-14(22)7-9-20(13,2)17(15)8-10-21(16,18)3/h5-6,14,16-19,22-23H,4,7-12H2,1-3H3/t14-,16-,17+,18-,19?,20+,21+/m0/s1. The van der Waals surface area contributed by atoms with Gasteiger partial charge in [-0.25, -0.2) is 0 Å². The lowest BCUT2D eigenvalue weighted by atomic mass is 9.50. The highest BCUT2D eigenvalue weighted by Crippen LogP contribution is 2.65. The maximum atomic E-state index is 10.6. The Balaban J connectivity index is 1.73. The van der Waals surface area contributed by atoms with E-state index in [1.807, 2.05) is 0 Å². The Hall–Kier alpha value is -0.600. The fourth-order valence-corrected chi connectivity index (χ4v) is 6.84. The lowest BCUT2D eigenvalue weighted by Gasteiger charge is -2.54. The predicted molar refractivity (Wildman–Crippen MR) is 92.9 cm³/mol. The zero-order valence-corrected chi connectivity index (χ0v) is 14.9. The Morgan fingerprint density at radius 3 is 2.61 bits per heavy atom. The molecule has 0 saturated heterocycles. The van der Waals surface area contributed by atoms with Gasteiger partial charge in [0.1, 0.15) is 0 Å². The fourth-order valence-electron chi connectivity index (χ4n) is 6.84. The summed E-state index contributed by atoms with van der Waals surface area (Å²) in [5, 5.41) is 20.7. The van der Waals surface area contributed by atoms with Gasteiger partial charge >= 0.3 is 0 Å². The molecule has 3 fully saturated rings. The van der Waals surface area contributed by atoms with Gasteiger partial charge in [-0.3, -0.25) is 0 Å². The van der Waals surface area contributed by atoms with Crippen LogP contribution in [0.4, 0.5) is 0 Å². The van der Waals surface area contributed by atoms with Crippen molar-refractivity contribution in [1.82, 2.24) is 0 Å². The van der Waals surface area contributed by atoms with Crippen LogP contribution >= 0.6 is 0 Å². The van der Waals surface area contributed by atoms with Crippen molar-refractivity contribution < 1.29 is 10.2 Å². The van der Waals surface area contributed by atoms with Crippen molar-refractivity contribution in [2.75, 3.05) is 0 Å². The van der Waals surface area contributed by atoms with Crippen molar-refractivity contribution in [3.05, 3.63) is 23.3 Å². The van der Waals surface area contributed by atoms with E-state index in [2.05, 4.69) is 32.9 Å². The molecular formula is C21H32O2. The van der Waals surface area contributed by atoms with Gasteiger partial charge < -0.3 is 10.2 Å². The Morgan fingerprint density at radius 1 is 1.09 bits per heavy atom. The first kappa shape index (κ1) is 15.9. The third-order valence-corrected chi connectivity index (χ3v) is 8.23. The average Bonchev–Trinajstić information content (AvgIpc) is 2.77. The molecule has 0 spiro atoms. The van der Waals surface area contributed by atoms with Crippen molar-refractivity contribution in [3.8, 4) is 0 Å². The third kappa shape index (κ3) is 2.07. The van der Waals surface area contributed by atoms with Crippen molar-refractivity contribution in [3.63, 3.8) is 0 Å². The highest BCUT2D eigenvalue weighted by atomic mass is 16.3. The average molecular weight is 316 g/mol. The van der Waals surface area contributed by atoms with Crippen LogP contribution in [-0.4, -0.2) is 22.4 Å². The van der Waals surface area contributed by atoms with Gasteiger partial charge in [0.2, 0.25) is 0 Å². The summed E-state index contributed by atoms with van der Waals surface area (Å²) in [4.78, 5) is 0. The number of aliphatic hydroxyl groups excluding tert-OH is 2. The predicted octanol–water partition coefficient (Wildman–Crippen LogP) is 4.23. The number of allylic oxidation sites excluding steroid dienone is 3. The van der Waals surface area contributed by atoms with Crippen LogP contribution < -0.4 is 0 Å². The van der Waals surface area contributed by atoms with Crippen molar-refractivity contribution in [2.24, 2.45) is 28.6 Å². The van der Waals surface area contributed by atoms with Gasteiger partial charge in [-0.1, -0.05) is 50.5 Å². The highest BCUT2D eigenvalue weighted by molar-refractivity contribution is 5.39. The SMILES string of the molecule is CC[C@H]1C(O)C[C@H]2C3=CC=C4C[C@@H](O)CC[C@@]4(C)[C@@H]3CC[C@@]21C. The summed E-state index contributed by atoms with van der Waals surface area (Å²) >= 11 is 0.